The van der Waals surface area contributed by atoms with E-state index in [4.69, 9.17) is 5.11 Å². The first kappa shape index (κ1) is 15.0. The summed E-state index contributed by atoms with van der Waals surface area (Å²) in [5.41, 5.74) is 0.630. The van der Waals surface area contributed by atoms with E-state index in [0.717, 1.165) is 6.07 Å². The Bertz CT molecular complexity index is 734. The van der Waals surface area contributed by atoms with Gasteiger partial charge in [-0.3, -0.25) is 4.72 Å². The molecule has 2 rings (SSSR count). The molecule has 0 aromatic heterocycles. The number of halogens is 2. The standard InChI is InChI=1S/C13H11BrFNO3S/c14-10-5-6-13(11(15)7-10)20(18,19)16-12-4-2-1-3-9(12)8-17/h1-7,16-17H,8H2. The Labute approximate surface area is 124 Å². The number of anilines is 1. The lowest BCUT2D eigenvalue weighted by molar-refractivity contribution is 0.282. The molecule has 0 aliphatic rings. The van der Waals surface area contributed by atoms with Crippen LogP contribution >= 0.6 is 15.9 Å². The summed E-state index contributed by atoms with van der Waals surface area (Å²) in [5, 5.41) is 9.16. The maximum atomic E-state index is 13.7. The highest BCUT2D eigenvalue weighted by molar-refractivity contribution is 9.10. The molecule has 0 unspecified atom stereocenters. The average molecular weight is 360 g/mol. The number of sulfonamides is 1. The lowest BCUT2D eigenvalue weighted by Crippen LogP contribution is -2.15. The van der Waals surface area contributed by atoms with E-state index in [1.807, 2.05) is 0 Å². The van der Waals surface area contributed by atoms with Gasteiger partial charge in [0.05, 0.1) is 12.3 Å². The largest absolute Gasteiger partial charge is 0.392 e. The predicted octanol–water partition coefficient (Wildman–Crippen LogP) is 2.88. The van der Waals surface area contributed by atoms with E-state index in [-0.39, 0.29) is 12.3 Å². The molecule has 0 fully saturated rings. The first-order valence-corrected chi connectivity index (χ1v) is 7.88. The zero-order valence-electron chi connectivity index (χ0n) is 10.2. The normalized spacial score (nSPS) is 11.3. The average Bonchev–Trinajstić information content (AvgIpc) is 2.38. The van der Waals surface area contributed by atoms with E-state index >= 15 is 0 Å². The summed E-state index contributed by atoms with van der Waals surface area (Å²) in [6, 6.07) is 10.1. The van der Waals surface area contributed by atoms with Crippen molar-refractivity contribution in [3.8, 4) is 0 Å². The van der Waals surface area contributed by atoms with Crippen molar-refractivity contribution in [3.05, 3.63) is 58.3 Å². The summed E-state index contributed by atoms with van der Waals surface area (Å²) in [7, 11) is -4.05. The van der Waals surface area contributed by atoms with E-state index in [1.54, 1.807) is 18.2 Å². The van der Waals surface area contributed by atoms with Gasteiger partial charge in [-0.15, -0.1) is 0 Å². The quantitative estimate of drug-likeness (QED) is 0.881. The van der Waals surface area contributed by atoms with Crippen molar-refractivity contribution in [1.29, 1.82) is 0 Å². The molecular weight excluding hydrogens is 349 g/mol. The van der Waals surface area contributed by atoms with Gasteiger partial charge in [0.1, 0.15) is 10.7 Å². The van der Waals surface area contributed by atoms with Gasteiger partial charge in [-0.2, -0.15) is 0 Å². The molecule has 7 heteroatoms. The molecule has 2 N–H and O–H groups in total. The Hall–Kier alpha value is -1.44. The first-order valence-electron chi connectivity index (χ1n) is 5.60. The fraction of sp³-hybridized carbons (Fsp3) is 0.0769. The highest BCUT2D eigenvalue weighted by Crippen LogP contribution is 2.23. The zero-order chi connectivity index (χ0) is 14.8. The van der Waals surface area contributed by atoms with Crippen molar-refractivity contribution in [3.63, 3.8) is 0 Å². The third-order valence-electron chi connectivity index (χ3n) is 2.62. The Balaban J connectivity index is 2.41. The molecule has 0 aliphatic heterocycles. The van der Waals surface area contributed by atoms with Crippen LogP contribution in [0.3, 0.4) is 0 Å². The summed E-state index contributed by atoms with van der Waals surface area (Å²) in [4.78, 5) is -0.451. The molecule has 0 bridgehead atoms. The molecule has 4 nitrogen and oxygen atoms in total. The second kappa shape index (κ2) is 5.90. The summed E-state index contributed by atoms with van der Waals surface area (Å²) in [6.45, 7) is -0.318. The monoisotopic (exact) mass is 359 g/mol. The number of para-hydroxylation sites is 1. The number of rotatable bonds is 4. The Morgan fingerprint density at radius 2 is 1.90 bits per heavy atom. The predicted molar refractivity (Wildman–Crippen MR) is 77.3 cm³/mol. The molecule has 0 saturated heterocycles. The highest BCUT2D eigenvalue weighted by Gasteiger charge is 2.20. The topological polar surface area (TPSA) is 66.4 Å². The van der Waals surface area contributed by atoms with Gasteiger partial charge >= 0.3 is 0 Å². The van der Waals surface area contributed by atoms with Crippen molar-refractivity contribution >= 4 is 31.6 Å². The van der Waals surface area contributed by atoms with E-state index < -0.39 is 20.7 Å². The number of benzene rings is 2. The maximum Gasteiger partial charge on any atom is 0.264 e. The van der Waals surface area contributed by atoms with Crippen LogP contribution in [-0.4, -0.2) is 13.5 Å². The summed E-state index contributed by atoms with van der Waals surface area (Å²) in [5.74, 6) is -0.853. The van der Waals surface area contributed by atoms with Gasteiger partial charge in [0.2, 0.25) is 0 Å². The van der Waals surface area contributed by atoms with Gasteiger partial charge in [-0.1, -0.05) is 34.1 Å². The molecule has 0 heterocycles. The fourth-order valence-corrected chi connectivity index (χ4v) is 3.15. The van der Waals surface area contributed by atoms with E-state index in [1.165, 1.54) is 18.2 Å². The number of hydrogen-bond acceptors (Lipinski definition) is 3. The van der Waals surface area contributed by atoms with Crippen molar-refractivity contribution in [1.82, 2.24) is 0 Å². The van der Waals surface area contributed by atoms with Gasteiger partial charge in [0, 0.05) is 10.0 Å². The van der Waals surface area contributed by atoms with Crippen molar-refractivity contribution in [2.45, 2.75) is 11.5 Å². The van der Waals surface area contributed by atoms with Crippen molar-refractivity contribution in [2.24, 2.45) is 0 Å². The van der Waals surface area contributed by atoms with Gasteiger partial charge in [0.15, 0.2) is 0 Å². The minimum absolute atomic E-state index is 0.220. The molecule has 0 saturated carbocycles. The zero-order valence-corrected chi connectivity index (χ0v) is 12.6. The van der Waals surface area contributed by atoms with Crippen LogP contribution in [0.4, 0.5) is 10.1 Å². The minimum Gasteiger partial charge on any atom is -0.392 e. The molecular formula is C13H11BrFNO3S. The maximum absolute atomic E-state index is 13.7. The van der Waals surface area contributed by atoms with Gasteiger partial charge in [0.25, 0.3) is 10.0 Å². The lowest BCUT2D eigenvalue weighted by Gasteiger charge is -2.11. The van der Waals surface area contributed by atoms with Gasteiger partial charge in [-0.25, -0.2) is 12.8 Å². The minimum atomic E-state index is -4.05. The van der Waals surface area contributed by atoms with Gasteiger partial charge < -0.3 is 5.11 Å². The van der Waals surface area contributed by atoms with Crippen molar-refractivity contribution in [2.75, 3.05) is 4.72 Å². The molecule has 0 spiro atoms. The van der Waals surface area contributed by atoms with Crippen LogP contribution in [0.5, 0.6) is 0 Å². The highest BCUT2D eigenvalue weighted by atomic mass is 79.9. The number of hydrogen-bond donors (Lipinski definition) is 2. The summed E-state index contributed by atoms with van der Waals surface area (Å²) in [6.07, 6.45) is 0. The van der Waals surface area contributed by atoms with Crippen LogP contribution in [0.25, 0.3) is 0 Å². The number of nitrogens with one attached hydrogen (secondary N) is 1. The second-order valence-corrected chi connectivity index (χ2v) is 6.56. The Morgan fingerprint density at radius 1 is 1.20 bits per heavy atom. The molecule has 2 aromatic carbocycles. The van der Waals surface area contributed by atoms with Crippen LogP contribution in [0.1, 0.15) is 5.56 Å². The first-order chi connectivity index (χ1) is 9.44. The van der Waals surface area contributed by atoms with Crippen molar-refractivity contribution < 1.29 is 17.9 Å². The Morgan fingerprint density at radius 3 is 2.55 bits per heavy atom. The van der Waals surface area contributed by atoms with Gasteiger partial charge in [-0.05, 0) is 24.3 Å². The third-order valence-corrected chi connectivity index (χ3v) is 4.51. The van der Waals surface area contributed by atoms with E-state index in [2.05, 4.69) is 20.7 Å². The lowest BCUT2D eigenvalue weighted by atomic mass is 10.2. The second-order valence-electron chi connectivity index (χ2n) is 4.00. The van der Waals surface area contributed by atoms with Crippen LogP contribution in [-0.2, 0) is 16.6 Å². The van der Waals surface area contributed by atoms with E-state index in [9.17, 15) is 12.8 Å². The van der Waals surface area contributed by atoms with E-state index in [0.29, 0.717) is 10.0 Å². The molecule has 0 atom stereocenters. The van der Waals surface area contributed by atoms with Crippen LogP contribution in [0.2, 0.25) is 0 Å². The third kappa shape index (κ3) is 3.17. The van der Waals surface area contributed by atoms with Crippen LogP contribution in [0.15, 0.2) is 51.8 Å². The summed E-state index contributed by atoms with van der Waals surface area (Å²) < 4.78 is 40.8. The molecule has 0 amide bonds. The molecule has 0 radical (unpaired) electrons. The smallest absolute Gasteiger partial charge is 0.264 e. The SMILES string of the molecule is O=S(=O)(Nc1ccccc1CO)c1ccc(Br)cc1F. The number of aliphatic hydroxyl groups excluding tert-OH is 1. The number of aliphatic hydroxyl groups is 1. The van der Waals surface area contributed by atoms with Crippen LogP contribution in [0, 0.1) is 5.82 Å². The summed E-state index contributed by atoms with van der Waals surface area (Å²) >= 11 is 3.06. The fourth-order valence-electron chi connectivity index (χ4n) is 1.65. The molecule has 0 aliphatic carbocycles. The van der Waals surface area contributed by atoms with Crippen LogP contribution < -0.4 is 4.72 Å². The molecule has 106 valence electrons. The molecule has 20 heavy (non-hydrogen) atoms. The molecule has 2 aromatic rings. The Kier molecular flexibility index (Phi) is 4.42.